The number of allylic oxidation sites excluding steroid dienone is 1. The van der Waals surface area contributed by atoms with E-state index in [2.05, 4.69) is 12.6 Å². The minimum absolute atomic E-state index is 0.280. The Labute approximate surface area is 73.0 Å². The molecule has 0 unspecified atom stereocenters. The lowest BCUT2D eigenvalue weighted by atomic mass is 10.2. The lowest BCUT2D eigenvalue weighted by Gasteiger charge is -2.02. The van der Waals surface area contributed by atoms with Gasteiger partial charge in [0.15, 0.2) is 0 Å². The lowest BCUT2D eigenvalue weighted by Crippen LogP contribution is -2.01. The number of hydrogen-bond donors (Lipinski definition) is 1. The molecule has 0 aromatic carbocycles. The highest BCUT2D eigenvalue weighted by Crippen LogP contribution is 2.12. The largest absolute Gasteiger partial charge is 0.463 e. The van der Waals surface area contributed by atoms with Gasteiger partial charge in [0.2, 0.25) is 0 Å². The summed E-state index contributed by atoms with van der Waals surface area (Å²) in [7, 11) is 0. The van der Waals surface area contributed by atoms with E-state index < -0.39 is 0 Å². The molecule has 0 aliphatic heterocycles. The molecule has 0 amide bonds. The maximum absolute atomic E-state index is 10.8. The molecule has 0 aliphatic carbocycles. The molecule has 0 fully saturated rings. The normalized spacial score (nSPS) is 11.9. The monoisotopic (exact) mass is 174 g/mol. The number of hydrogen-bond acceptors (Lipinski definition) is 3. The highest BCUT2D eigenvalue weighted by Gasteiger charge is 2.01. The van der Waals surface area contributed by atoms with Crippen LogP contribution in [-0.4, -0.2) is 12.6 Å². The van der Waals surface area contributed by atoms with Crippen molar-refractivity contribution in [2.24, 2.45) is 5.92 Å². The van der Waals surface area contributed by atoms with Crippen molar-refractivity contribution in [1.82, 2.24) is 0 Å². The standard InChI is InChI=1S/C8H14O2S/c1-4-10-8(9)5-7(11)6(2)3/h5-6,11H,4H2,1-3H3/b7-5-. The molecular weight excluding hydrogens is 160 g/mol. The third-order valence-corrected chi connectivity index (χ3v) is 1.79. The number of rotatable bonds is 3. The Morgan fingerprint density at radius 3 is 2.55 bits per heavy atom. The molecule has 0 radical (unpaired) electrons. The Kier molecular flexibility index (Phi) is 5.03. The molecule has 2 nitrogen and oxygen atoms in total. The van der Waals surface area contributed by atoms with Crippen LogP contribution < -0.4 is 0 Å². The summed E-state index contributed by atoms with van der Waals surface area (Å²) in [4.78, 5) is 11.6. The molecule has 0 rings (SSSR count). The summed E-state index contributed by atoms with van der Waals surface area (Å²) in [5, 5.41) is 0. The number of carbonyl (C=O) groups excluding carboxylic acids is 1. The van der Waals surface area contributed by atoms with Crippen LogP contribution in [0.4, 0.5) is 0 Å². The van der Waals surface area contributed by atoms with Gasteiger partial charge >= 0.3 is 5.97 Å². The van der Waals surface area contributed by atoms with Gasteiger partial charge in [0.1, 0.15) is 0 Å². The summed E-state index contributed by atoms with van der Waals surface area (Å²) in [6.45, 7) is 6.13. The highest BCUT2D eigenvalue weighted by molar-refractivity contribution is 7.84. The zero-order valence-corrected chi connectivity index (χ0v) is 8.02. The number of esters is 1. The minimum atomic E-state index is -0.314. The Hall–Kier alpha value is -0.440. The Morgan fingerprint density at radius 2 is 2.18 bits per heavy atom. The van der Waals surface area contributed by atoms with Crippen LogP contribution in [0, 0.1) is 5.92 Å². The second-order valence-electron chi connectivity index (χ2n) is 2.48. The zero-order chi connectivity index (χ0) is 8.85. The average molecular weight is 174 g/mol. The molecule has 11 heavy (non-hydrogen) atoms. The van der Waals surface area contributed by atoms with Crippen molar-refractivity contribution < 1.29 is 9.53 Å². The highest BCUT2D eigenvalue weighted by atomic mass is 32.1. The van der Waals surface area contributed by atoms with Crippen molar-refractivity contribution in [3.63, 3.8) is 0 Å². The lowest BCUT2D eigenvalue weighted by molar-refractivity contribution is -0.137. The SMILES string of the molecule is CCOC(=O)/C=C(\S)C(C)C. The van der Waals surface area contributed by atoms with E-state index in [0.717, 1.165) is 4.91 Å². The van der Waals surface area contributed by atoms with Crippen molar-refractivity contribution in [2.45, 2.75) is 20.8 Å². The van der Waals surface area contributed by atoms with Crippen molar-refractivity contribution in [1.29, 1.82) is 0 Å². The third-order valence-electron chi connectivity index (χ3n) is 1.14. The van der Waals surface area contributed by atoms with E-state index in [9.17, 15) is 4.79 Å². The van der Waals surface area contributed by atoms with Crippen LogP contribution in [0.15, 0.2) is 11.0 Å². The van der Waals surface area contributed by atoms with Crippen LogP contribution in [0.3, 0.4) is 0 Å². The molecule has 0 bridgehead atoms. The van der Waals surface area contributed by atoms with Gasteiger partial charge < -0.3 is 4.74 Å². The van der Waals surface area contributed by atoms with Crippen LogP contribution in [0.2, 0.25) is 0 Å². The fraction of sp³-hybridized carbons (Fsp3) is 0.625. The number of thiol groups is 1. The van der Waals surface area contributed by atoms with Gasteiger partial charge in [-0.2, -0.15) is 0 Å². The Morgan fingerprint density at radius 1 is 1.64 bits per heavy atom. The molecular formula is C8H14O2S. The van der Waals surface area contributed by atoms with E-state index >= 15 is 0 Å². The molecule has 64 valence electrons. The first-order chi connectivity index (χ1) is 5.07. The van der Waals surface area contributed by atoms with Crippen LogP contribution in [0.1, 0.15) is 20.8 Å². The van der Waals surface area contributed by atoms with E-state index in [0.29, 0.717) is 6.61 Å². The molecule has 0 heterocycles. The average Bonchev–Trinajstić information content (AvgIpc) is 1.87. The first kappa shape index (κ1) is 10.6. The van der Waals surface area contributed by atoms with Crippen molar-refractivity contribution in [3.05, 3.63) is 11.0 Å². The van der Waals surface area contributed by atoms with E-state index in [1.165, 1.54) is 6.08 Å². The van der Waals surface area contributed by atoms with Crippen molar-refractivity contribution in [3.8, 4) is 0 Å². The minimum Gasteiger partial charge on any atom is -0.463 e. The van der Waals surface area contributed by atoms with Gasteiger partial charge in [-0.3, -0.25) is 0 Å². The van der Waals surface area contributed by atoms with E-state index in [4.69, 9.17) is 4.74 Å². The van der Waals surface area contributed by atoms with Crippen LogP contribution in [0.25, 0.3) is 0 Å². The molecule has 0 saturated heterocycles. The smallest absolute Gasteiger partial charge is 0.331 e. The molecule has 3 heteroatoms. The summed E-state index contributed by atoms with van der Waals surface area (Å²) in [6.07, 6.45) is 1.41. The van der Waals surface area contributed by atoms with Crippen LogP contribution in [-0.2, 0) is 9.53 Å². The van der Waals surface area contributed by atoms with E-state index in [1.807, 2.05) is 13.8 Å². The Balaban J connectivity index is 3.97. The van der Waals surface area contributed by atoms with Crippen molar-refractivity contribution in [2.75, 3.05) is 6.61 Å². The predicted molar refractivity (Wildman–Crippen MR) is 48.5 cm³/mol. The van der Waals surface area contributed by atoms with E-state index in [1.54, 1.807) is 6.92 Å². The summed E-state index contributed by atoms with van der Waals surface area (Å²) in [5.74, 6) is -0.0334. The summed E-state index contributed by atoms with van der Waals surface area (Å²) in [5.41, 5.74) is 0. The molecule has 0 spiro atoms. The van der Waals surface area contributed by atoms with Gasteiger partial charge in [-0.15, -0.1) is 12.6 Å². The summed E-state index contributed by atoms with van der Waals surface area (Å²) in [6, 6.07) is 0. The number of ether oxygens (including phenoxy) is 1. The van der Waals surface area contributed by atoms with Gasteiger partial charge in [0, 0.05) is 6.08 Å². The number of carbonyl (C=O) groups is 1. The molecule has 0 saturated carbocycles. The Bertz CT molecular complexity index is 161. The van der Waals surface area contributed by atoms with Crippen molar-refractivity contribution >= 4 is 18.6 Å². The van der Waals surface area contributed by atoms with Gasteiger partial charge in [-0.25, -0.2) is 4.79 Å². The van der Waals surface area contributed by atoms with Crippen LogP contribution in [0.5, 0.6) is 0 Å². The molecule has 0 aromatic heterocycles. The van der Waals surface area contributed by atoms with Crippen LogP contribution >= 0.6 is 12.6 Å². The maximum atomic E-state index is 10.8. The van der Waals surface area contributed by atoms with E-state index in [-0.39, 0.29) is 11.9 Å². The second-order valence-corrected chi connectivity index (χ2v) is 2.99. The fourth-order valence-corrected chi connectivity index (χ4v) is 0.577. The third kappa shape index (κ3) is 4.90. The molecule has 0 atom stereocenters. The maximum Gasteiger partial charge on any atom is 0.331 e. The zero-order valence-electron chi connectivity index (χ0n) is 7.13. The first-order valence-corrected chi connectivity index (χ1v) is 4.10. The molecule has 0 aromatic rings. The topological polar surface area (TPSA) is 26.3 Å². The second kappa shape index (κ2) is 5.24. The first-order valence-electron chi connectivity index (χ1n) is 3.65. The fourth-order valence-electron chi connectivity index (χ4n) is 0.471. The van der Waals surface area contributed by atoms with Gasteiger partial charge in [-0.05, 0) is 17.7 Å². The molecule has 0 N–H and O–H groups in total. The molecule has 0 aliphatic rings. The summed E-state index contributed by atoms with van der Waals surface area (Å²) < 4.78 is 4.70. The predicted octanol–water partition coefficient (Wildman–Crippen LogP) is 2.02. The van der Waals surface area contributed by atoms with Gasteiger partial charge in [0.05, 0.1) is 6.61 Å². The summed E-state index contributed by atoms with van der Waals surface area (Å²) >= 11 is 4.12. The quantitative estimate of drug-likeness (QED) is 0.402. The van der Waals surface area contributed by atoms with Gasteiger partial charge in [-0.1, -0.05) is 13.8 Å². The van der Waals surface area contributed by atoms with Gasteiger partial charge in [0.25, 0.3) is 0 Å².